The summed E-state index contributed by atoms with van der Waals surface area (Å²) in [4.78, 5) is 1.64. The first-order valence-electron chi connectivity index (χ1n) is 18.0. The van der Waals surface area contributed by atoms with Crippen LogP contribution in [0.1, 0.15) is 11.1 Å². The number of halogens is 6. The van der Waals surface area contributed by atoms with Gasteiger partial charge in [-0.3, -0.25) is 0 Å². The van der Waals surface area contributed by atoms with Crippen LogP contribution >= 0.6 is 0 Å². The Kier molecular flexibility index (Phi) is 7.45. The molecule has 0 aliphatic carbocycles. The number of nitrogens with zero attached hydrogens (tertiary/aromatic N) is 2. The summed E-state index contributed by atoms with van der Waals surface area (Å²) in [5.41, 5.74) is 4.93. The average molecular weight is 747 g/mol. The van der Waals surface area contributed by atoms with Crippen molar-refractivity contribution < 1.29 is 26.3 Å². The molecule has 0 saturated heterocycles. The fourth-order valence-corrected chi connectivity index (χ4v) is 8.26. The molecule has 0 radical (unpaired) electrons. The Morgan fingerprint density at radius 2 is 0.929 bits per heavy atom. The van der Waals surface area contributed by atoms with Crippen molar-refractivity contribution in [2.75, 3.05) is 4.90 Å². The lowest BCUT2D eigenvalue weighted by Crippen LogP contribution is -2.12. The van der Waals surface area contributed by atoms with Crippen LogP contribution in [0.25, 0.3) is 70.9 Å². The highest BCUT2D eigenvalue weighted by Gasteiger charge is 2.32. The standard InChI is InChI=1S/C48H28F6N2/c49-47(50,51)32-15-21-36(22-16-32)55(37-23-17-33(18-24-37)48(52,53)54)35-19-12-29(13-20-35)38-25-14-30-10-11-31-28-42-39-8-4-5-9-43(39)56(34-6-2-1-3-7-34)46(42)41-27-26-40(38)44(30)45(31)41/h1-28H. The molecule has 0 N–H and O–H groups in total. The fourth-order valence-electron chi connectivity index (χ4n) is 8.26. The Morgan fingerprint density at radius 1 is 0.411 bits per heavy atom. The lowest BCUT2D eigenvalue weighted by Gasteiger charge is -2.26. The van der Waals surface area contributed by atoms with Crippen LogP contribution in [-0.4, -0.2) is 4.57 Å². The van der Waals surface area contributed by atoms with Gasteiger partial charge in [-0.2, -0.15) is 26.3 Å². The van der Waals surface area contributed by atoms with Gasteiger partial charge in [-0.15, -0.1) is 0 Å². The van der Waals surface area contributed by atoms with Gasteiger partial charge in [0.1, 0.15) is 0 Å². The van der Waals surface area contributed by atoms with Crippen LogP contribution in [0.15, 0.2) is 170 Å². The van der Waals surface area contributed by atoms with Crippen LogP contribution in [0.4, 0.5) is 43.4 Å². The Morgan fingerprint density at radius 3 is 1.55 bits per heavy atom. The first kappa shape index (κ1) is 33.7. The minimum atomic E-state index is -4.54. The quantitative estimate of drug-likeness (QED) is 0.126. The summed E-state index contributed by atoms with van der Waals surface area (Å²) in [6.07, 6.45) is -9.07. The van der Waals surface area contributed by atoms with Gasteiger partial charge >= 0.3 is 12.4 Å². The Hall–Kier alpha value is -6.80. The lowest BCUT2D eigenvalue weighted by atomic mass is 9.89. The van der Waals surface area contributed by atoms with E-state index >= 15 is 0 Å². The zero-order chi connectivity index (χ0) is 38.3. The van der Waals surface area contributed by atoms with Gasteiger partial charge in [-0.1, -0.05) is 84.9 Å². The average Bonchev–Trinajstić information content (AvgIpc) is 3.54. The molecule has 0 saturated carbocycles. The van der Waals surface area contributed by atoms with E-state index in [1.807, 2.05) is 30.3 Å². The lowest BCUT2D eigenvalue weighted by molar-refractivity contribution is -0.138. The molecule has 9 aromatic carbocycles. The van der Waals surface area contributed by atoms with Crippen molar-refractivity contribution in [1.82, 2.24) is 4.57 Å². The second-order valence-corrected chi connectivity index (χ2v) is 14.0. The fraction of sp³-hybridized carbons (Fsp3) is 0.0417. The van der Waals surface area contributed by atoms with Gasteiger partial charge in [0.2, 0.25) is 0 Å². The second kappa shape index (κ2) is 12.4. The van der Waals surface area contributed by atoms with Crippen LogP contribution < -0.4 is 4.90 Å². The zero-order valence-electron chi connectivity index (χ0n) is 29.3. The van der Waals surface area contributed by atoms with Gasteiger partial charge in [0.15, 0.2) is 0 Å². The van der Waals surface area contributed by atoms with Gasteiger partial charge in [-0.05, 0) is 123 Å². The molecule has 0 aliphatic rings. The Labute approximate surface area is 316 Å². The van der Waals surface area contributed by atoms with E-state index in [9.17, 15) is 26.3 Å². The molecule has 1 aromatic heterocycles. The summed E-state index contributed by atoms with van der Waals surface area (Å²) in [6.45, 7) is 0. The highest BCUT2D eigenvalue weighted by atomic mass is 19.4. The topological polar surface area (TPSA) is 8.17 Å². The molecular formula is C48H28F6N2. The number of aromatic nitrogens is 1. The monoisotopic (exact) mass is 746 g/mol. The van der Waals surface area contributed by atoms with Crippen LogP contribution in [0.3, 0.4) is 0 Å². The summed E-state index contributed by atoms with van der Waals surface area (Å²) < 4.78 is 83.1. The van der Waals surface area contributed by atoms with E-state index < -0.39 is 23.5 Å². The number of rotatable bonds is 5. The maximum atomic E-state index is 13.5. The molecule has 0 bridgehead atoms. The van der Waals surface area contributed by atoms with E-state index in [4.69, 9.17) is 0 Å². The summed E-state index contributed by atoms with van der Waals surface area (Å²) in [5, 5.41) is 9.13. The summed E-state index contributed by atoms with van der Waals surface area (Å²) in [7, 11) is 0. The van der Waals surface area contributed by atoms with Crippen molar-refractivity contribution in [2.24, 2.45) is 0 Å². The molecule has 2 nitrogen and oxygen atoms in total. The zero-order valence-corrected chi connectivity index (χ0v) is 29.3. The van der Waals surface area contributed by atoms with Crippen molar-refractivity contribution >= 4 is 71.2 Å². The number of fused-ring (bicyclic) bond motifs is 4. The molecule has 56 heavy (non-hydrogen) atoms. The van der Waals surface area contributed by atoms with Crippen LogP contribution in [0.5, 0.6) is 0 Å². The van der Waals surface area contributed by atoms with Gasteiger partial charge in [0, 0.05) is 38.9 Å². The molecule has 1 heterocycles. The number of alkyl halides is 6. The van der Waals surface area contributed by atoms with Crippen LogP contribution in [-0.2, 0) is 12.4 Å². The first-order valence-corrected chi connectivity index (χ1v) is 18.0. The van der Waals surface area contributed by atoms with Crippen LogP contribution in [0, 0.1) is 0 Å². The Balaban J connectivity index is 1.12. The molecule has 10 aromatic rings. The van der Waals surface area contributed by atoms with Gasteiger partial charge < -0.3 is 9.47 Å². The van der Waals surface area contributed by atoms with E-state index in [-0.39, 0.29) is 0 Å². The smallest absolute Gasteiger partial charge is 0.311 e. The highest BCUT2D eigenvalue weighted by Crippen LogP contribution is 2.46. The molecule has 10 rings (SSSR count). The molecule has 0 unspecified atom stereocenters. The Bertz CT molecular complexity index is 3010. The molecule has 272 valence electrons. The summed E-state index contributed by atoms with van der Waals surface area (Å²) in [6, 6.07) is 50.8. The van der Waals surface area contributed by atoms with Gasteiger partial charge in [-0.25, -0.2) is 0 Å². The number of anilines is 3. The molecule has 0 amide bonds. The number of benzene rings is 9. The second-order valence-electron chi connectivity index (χ2n) is 14.0. The number of para-hydroxylation sites is 2. The van der Waals surface area contributed by atoms with Gasteiger partial charge in [0.05, 0.1) is 22.2 Å². The van der Waals surface area contributed by atoms with E-state index in [1.165, 1.54) is 40.4 Å². The normalized spacial score (nSPS) is 12.5. The summed E-state index contributed by atoms with van der Waals surface area (Å²) >= 11 is 0. The van der Waals surface area contributed by atoms with Gasteiger partial charge in [0.25, 0.3) is 0 Å². The minimum Gasteiger partial charge on any atom is -0.311 e. The maximum absolute atomic E-state index is 13.5. The molecule has 0 aliphatic heterocycles. The molecule has 0 atom stereocenters. The van der Waals surface area contributed by atoms with Crippen molar-refractivity contribution in [1.29, 1.82) is 0 Å². The number of hydrogen-bond acceptors (Lipinski definition) is 1. The van der Waals surface area contributed by atoms with Crippen LogP contribution in [0.2, 0.25) is 0 Å². The predicted molar refractivity (Wildman–Crippen MR) is 215 cm³/mol. The molecule has 8 heteroatoms. The number of hydrogen-bond donors (Lipinski definition) is 0. The van der Waals surface area contributed by atoms with Crippen molar-refractivity contribution in [3.63, 3.8) is 0 Å². The van der Waals surface area contributed by atoms with Crippen molar-refractivity contribution in [3.05, 3.63) is 181 Å². The van der Waals surface area contributed by atoms with E-state index in [0.29, 0.717) is 17.1 Å². The third kappa shape index (κ3) is 5.35. The maximum Gasteiger partial charge on any atom is 0.416 e. The summed E-state index contributed by atoms with van der Waals surface area (Å²) in [5.74, 6) is 0. The van der Waals surface area contributed by atoms with E-state index in [1.54, 1.807) is 4.90 Å². The third-order valence-corrected chi connectivity index (χ3v) is 10.8. The molecular weight excluding hydrogens is 719 g/mol. The molecule has 0 fully saturated rings. The third-order valence-electron chi connectivity index (χ3n) is 10.8. The largest absolute Gasteiger partial charge is 0.416 e. The van der Waals surface area contributed by atoms with E-state index in [2.05, 4.69) is 95.6 Å². The molecule has 0 spiro atoms. The SMILES string of the molecule is FC(F)(F)c1ccc(N(c2ccc(-c3ccc4ccc5cc6c7ccccc7n(-c7ccccc7)c6c6ccc3c4c56)cc2)c2ccc(C(F)(F)F)cc2)cc1. The predicted octanol–water partition coefficient (Wildman–Crippen LogP) is 14.9. The first-order chi connectivity index (χ1) is 27.0. The highest BCUT2D eigenvalue weighted by molar-refractivity contribution is 6.32. The van der Waals surface area contributed by atoms with E-state index in [0.717, 1.165) is 79.0 Å². The van der Waals surface area contributed by atoms with Crippen molar-refractivity contribution in [3.8, 4) is 16.8 Å². The minimum absolute atomic E-state index is 0.368. The van der Waals surface area contributed by atoms with Crippen molar-refractivity contribution in [2.45, 2.75) is 12.4 Å².